The minimum Gasteiger partial charge on any atom is -0.376 e. The molecule has 3 unspecified atom stereocenters. The van der Waals surface area contributed by atoms with Gasteiger partial charge in [-0.1, -0.05) is 0 Å². The van der Waals surface area contributed by atoms with E-state index in [1.807, 2.05) is 0 Å². The predicted octanol–water partition coefficient (Wildman–Crippen LogP) is 1.96. The average molecular weight is 322 g/mol. The Morgan fingerprint density at radius 2 is 2.09 bits per heavy atom. The van der Waals surface area contributed by atoms with E-state index in [-0.39, 0.29) is 18.2 Å². The van der Waals surface area contributed by atoms with Gasteiger partial charge < -0.3 is 20.1 Å². The summed E-state index contributed by atoms with van der Waals surface area (Å²) in [5, 5.41) is 15.4. The molecule has 2 aliphatic rings. The van der Waals surface area contributed by atoms with Crippen molar-refractivity contribution in [2.45, 2.75) is 70.1 Å². The molecule has 2 N–H and O–H groups in total. The van der Waals surface area contributed by atoms with Gasteiger partial charge in [0.1, 0.15) is 0 Å². The van der Waals surface area contributed by atoms with Gasteiger partial charge >= 0.3 is 0 Å². The van der Waals surface area contributed by atoms with Crippen molar-refractivity contribution in [3.05, 3.63) is 0 Å². The quantitative estimate of drug-likeness (QED) is 0.406. The molecule has 2 saturated heterocycles. The lowest BCUT2D eigenvalue weighted by Crippen LogP contribution is -2.47. The van der Waals surface area contributed by atoms with Crippen LogP contribution >= 0.6 is 0 Å². The zero-order valence-electron chi connectivity index (χ0n) is 14.2. The zero-order chi connectivity index (χ0) is 16.3. The van der Waals surface area contributed by atoms with Gasteiger partial charge in [0, 0.05) is 26.2 Å². The lowest BCUT2D eigenvalue weighted by atomic mass is 10.1. The van der Waals surface area contributed by atoms with Gasteiger partial charge in [0.2, 0.25) is 0 Å². The molecular formula is C17H30N4O2. The fraction of sp³-hybridized carbons (Fsp3) is 0.882. The van der Waals surface area contributed by atoms with Crippen molar-refractivity contribution in [1.29, 1.82) is 5.26 Å². The van der Waals surface area contributed by atoms with Crippen molar-refractivity contribution >= 4 is 5.96 Å². The largest absolute Gasteiger partial charge is 0.376 e. The molecule has 3 atom stereocenters. The fourth-order valence-electron chi connectivity index (χ4n) is 2.98. The van der Waals surface area contributed by atoms with Crippen molar-refractivity contribution in [1.82, 2.24) is 10.6 Å². The van der Waals surface area contributed by atoms with E-state index in [0.29, 0.717) is 13.0 Å². The monoisotopic (exact) mass is 322 g/mol. The SMILES string of the molecule is CC(NC(=NCC1CCCO1)NCCCCC#N)C1CCCO1. The van der Waals surface area contributed by atoms with Crippen LogP contribution in [0.2, 0.25) is 0 Å². The van der Waals surface area contributed by atoms with Gasteiger partial charge in [-0.2, -0.15) is 5.26 Å². The van der Waals surface area contributed by atoms with E-state index in [1.165, 1.54) is 0 Å². The Kier molecular flexibility index (Phi) is 8.19. The molecule has 23 heavy (non-hydrogen) atoms. The number of nitrogens with zero attached hydrogens (tertiary/aromatic N) is 2. The van der Waals surface area contributed by atoms with E-state index in [1.54, 1.807) is 0 Å². The highest BCUT2D eigenvalue weighted by atomic mass is 16.5. The maximum absolute atomic E-state index is 8.59. The summed E-state index contributed by atoms with van der Waals surface area (Å²) in [6.45, 7) is 5.40. The van der Waals surface area contributed by atoms with Crippen LogP contribution in [0.15, 0.2) is 4.99 Å². The summed E-state index contributed by atoms with van der Waals surface area (Å²) in [5.74, 6) is 0.834. The Morgan fingerprint density at radius 3 is 2.78 bits per heavy atom. The molecular weight excluding hydrogens is 292 g/mol. The van der Waals surface area contributed by atoms with Crippen LogP contribution in [0.1, 0.15) is 51.9 Å². The first kappa shape index (κ1) is 18.0. The highest BCUT2D eigenvalue weighted by molar-refractivity contribution is 5.80. The number of ether oxygens (including phenoxy) is 2. The maximum Gasteiger partial charge on any atom is 0.191 e. The summed E-state index contributed by atoms with van der Waals surface area (Å²) < 4.78 is 11.4. The molecule has 0 spiro atoms. The van der Waals surface area contributed by atoms with Crippen LogP contribution in [0.3, 0.4) is 0 Å². The summed E-state index contributed by atoms with van der Waals surface area (Å²) in [7, 11) is 0. The van der Waals surface area contributed by atoms with E-state index in [0.717, 1.165) is 64.2 Å². The minimum atomic E-state index is 0.243. The molecule has 0 radical (unpaired) electrons. The molecule has 0 bridgehead atoms. The van der Waals surface area contributed by atoms with Crippen molar-refractivity contribution in [2.75, 3.05) is 26.3 Å². The lowest BCUT2D eigenvalue weighted by Gasteiger charge is -2.23. The normalized spacial score (nSPS) is 26.0. The Labute approximate surface area is 139 Å². The number of hydrogen-bond acceptors (Lipinski definition) is 4. The highest BCUT2D eigenvalue weighted by Crippen LogP contribution is 2.15. The Morgan fingerprint density at radius 1 is 1.26 bits per heavy atom. The molecule has 2 heterocycles. The maximum atomic E-state index is 8.59. The van der Waals surface area contributed by atoms with E-state index in [9.17, 15) is 0 Å². The van der Waals surface area contributed by atoms with E-state index >= 15 is 0 Å². The predicted molar refractivity (Wildman–Crippen MR) is 90.3 cm³/mol. The summed E-state index contributed by atoms with van der Waals surface area (Å²) >= 11 is 0. The number of unbranched alkanes of at least 4 members (excludes halogenated alkanes) is 2. The lowest BCUT2D eigenvalue weighted by molar-refractivity contribution is 0.0889. The van der Waals surface area contributed by atoms with Crippen LogP contribution in [0.4, 0.5) is 0 Å². The van der Waals surface area contributed by atoms with Gasteiger partial charge in [0.25, 0.3) is 0 Å². The first-order chi connectivity index (χ1) is 11.3. The van der Waals surface area contributed by atoms with Crippen LogP contribution in [0.25, 0.3) is 0 Å². The molecule has 0 aromatic heterocycles. The third-order valence-electron chi connectivity index (χ3n) is 4.37. The molecule has 130 valence electrons. The zero-order valence-corrected chi connectivity index (χ0v) is 14.2. The summed E-state index contributed by atoms with van der Waals surface area (Å²) in [6.07, 6.45) is 7.51. The first-order valence-corrected chi connectivity index (χ1v) is 8.94. The molecule has 0 aliphatic carbocycles. The molecule has 6 heteroatoms. The van der Waals surface area contributed by atoms with Crippen molar-refractivity contribution < 1.29 is 9.47 Å². The summed E-state index contributed by atoms with van der Waals surface area (Å²) in [5.41, 5.74) is 0. The van der Waals surface area contributed by atoms with Gasteiger partial charge in [-0.25, -0.2) is 0 Å². The van der Waals surface area contributed by atoms with Crippen LogP contribution < -0.4 is 10.6 Å². The van der Waals surface area contributed by atoms with Gasteiger partial charge in [0.15, 0.2) is 5.96 Å². The fourth-order valence-corrected chi connectivity index (χ4v) is 2.98. The number of hydrogen-bond donors (Lipinski definition) is 2. The smallest absolute Gasteiger partial charge is 0.191 e. The third kappa shape index (κ3) is 6.76. The molecule has 0 aromatic carbocycles. The van der Waals surface area contributed by atoms with Crippen molar-refractivity contribution in [3.63, 3.8) is 0 Å². The molecule has 6 nitrogen and oxygen atoms in total. The molecule has 0 saturated carbocycles. The number of nitriles is 1. The molecule has 2 fully saturated rings. The van der Waals surface area contributed by atoms with Crippen LogP contribution in [0.5, 0.6) is 0 Å². The molecule has 0 aromatic rings. The van der Waals surface area contributed by atoms with E-state index in [2.05, 4.69) is 28.6 Å². The second-order valence-corrected chi connectivity index (χ2v) is 6.35. The molecule has 2 aliphatic heterocycles. The minimum absolute atomic E-state index is 0.243. The average Bonchev–Trinajstić information content (AvgIpc) is 3.25. The Bertz CT molecular complexity index is 396. The number of rotatable bonds is 8. The van der Waals surface area contributed by atoms with Crippen LogP contribution in [0, 0.1) is 11.3 Å². The number of guanidine groups is 1. The summed E-state index contributed by atoms with van der Waals surface area (Å²) in [4.78, 5) is 4.68. The first-order valence-electron chi connectivity index (χ1n) is 8.94. The summed E-state index contributed by atoms with van der Waals surface area (Å²) in [6, 6.07) is 2.42. The van der Waals surface area contributed by atoms with Gasteiger partial charge in [-0.3, -0.25) is 4.99 Å². The Hall–Kier alpha value is -1.32. The van der Waals surface area contributed by atoms with Crippen LogP contribution in [-0.4, -0.2) is 50.5 Å². The second kappa shape index (κ2) is 10.5. The Balaban J connectivity index is 1.79. The standard InChI is InChI=1S/C17H30N4O2/c1-14(16-8-6-12-23-16)21-17(19-10-4-2-3-9-18)20-13-15-7-5-11-22-15/h14-16H,2-8,10-13H2,1H3,(H2,19,20,21). The molecule has 0 amide bonds. The van der Waals surface area contributed by atoms with Gasteiger partial charge in [-0.05, 0) is 45.4 Å². The number of aliphatic imine (C=N–C) groups is 1. The van der Waals surface area contributed by atoms with Crippen LogP contribution in [-0.2, 0) is 9.47 Å². The second-order valence-electron chi connectivity index (χ2n) is 6.35. The topological polar surface area (TPSA) is 78.7 Å². The van der Waals surface area contributed by atoms with Gasteiger partial charge in [0.05, 0.1) is 30.9 Å². The van der Waals surface area contributed by atoms with Gasteiger partial charge in [-0.15, -0.1) is 0 Å². The molecule has 2 rings (SSSR count). The van der Waals surface area contributed by atoms with Crippen molar-refractivity contribution in [3.8, 4) is 6.07 Å². The van der Waals surface area contributed by atoms with E-state index in [4.69, 9.17) is 14.7 Å². The van der Waals surface area contributed by atoms with E-state index < -0.39 is 0 Å². The van der Waals surface area contributed by atoms with Crippen molar-refractivity contribution in [2.24, 2.45) is 4.99 Å². The number of nitrogens with one attached hydrogen (secondary N) is 2. The highest BCUT2D eigenvalue weighted by Gasteiger charge is 2.23. The third-order valence-corrected chi connectivity index (χ3v) is 4.37.